The van der Waals surface area contributed by atoms with Gasteiger partial charge >= 0.3 is 0 Å². The number of hydrogen-bond acceptors (Lipinski definition) is 4. The molecular formula is C18H18N4O2. The third kappa shape index (κ3) is 3.32. The Bertz CT molecular complexity index is 932. The molecule has 0 aliphatic carbocycles. The molecule has 0 fully saturated rings. The van der Waals surface area contributed by atoms with Gasteiger partial charge in [0.1, 0.15) is 12.9 Å². The summed E-state index contributed by atoms with van der Waals surface area (Å²) in [5, 5.41) is 0.411. The SMILES string of the molecule is Cc1ccc(CN(C)C(=O)Cn2cnc3ncccc3c2=O)cc1. The quantitative estimate of drug-likeness (QED) is 0.734. The van der Waals surface area contributed by atoms with Crippen molar-refractivity contribution in [1.82, 2.24) is 19.4 Å². The van der Waals surface area contributed by atoms with Gasteiger partial charge in [0.25, 0.3) is 5.56 Å². The summed E-state index contributed by atoms with van der Waals surface area (Å²) in [5.41, 5.74) is 2.35. The van der Waals surface area contributed by atoms with Crippen molar-refractivity contribution < 1.29 is 4.79 Å². The minimum atomic E-state index is -0.259. The van der Waals surface area contributed by atoms with E-state index in [0.29, 0.717) is 17.6 Å². The lowest BCUT2D eigenvalue weighted by Crippen LogP contribution is -2.33. The summed E-state index contributed by atoms with van der Waals surface area (Å²) in [6.45, 7) is 2.47. The molecule has 122 valence electrons. The molecule has 0 unspecified atom stereocenters. The first kappa shape index (κ1) is 15.9. The van der Waals surface area contributed by atoms with Gasteiger partial charge in [-0.3, -0.25) is 14.2 Å². The number of nitrogens with zero attached hydrogens (tertiary/aromatic N) is 4. The molecule has 1 amide bonds. The van der Waals surface area contributed by atoms with E-state index in [9.17, 15) is 9.59 Å². The minimum Gasteiger partial charge on any atom is -0.340 e. The maximum Gasteiger partial charge on any atom is 0.263 e. The molecule has 24 heavy (non-hydrogen) atoms. The summed E-state index contributed by atoms with van der Waals surface area (Å²) in [6.07, 6.45) is 2.95. The topological polar surface area (TPSA) is 68.1 Å². The lowest BCUT2D eigenvalue weighted by molar-refractivity contribution is -0.131. The molecular weight excluding hydrogens is 304 g/mol. The van der Waals surface area contributed by atoms with Crippen LogP contribution in [0.4, 0.5) is 0 Å². The number of hydrogen-bond donors (Lipinski definition) is 0. The molecule has 0 saturated carbocycles. The van der Waals surface area contributed by atoms with Crippen molar-refractivity contribution in [3.05, 3.63) is 70.4 Å². The molecule has 6 nitrogen and oxygen atoms in total. The molecule has 0 saturated heterocycles. The average molecular weight is 322 g/mol. The van der Waals surface area contributed by atoms with Gasteiger partial charge in [-0.05, 0) is 24.6 Å². The number of rotatable bonds is 4. The predicted octanol–water partition coefficient (Wildman–Crippen LogP) is 1.76. The third-order valence-electron chi connectivity index (χ3n) is 3.87. The number of carbonyl (C=O) groups is 1. The minimum absolute atomic E-state index is 0.0426. The van der Waals surface area contributed by atoms with Crippen LogP contribution in [0.25, 0.3) is 11.0 Å². The van der Waals surface area contributed by atoms with Crippen LogP contribution in [0.2, 0.25) is 0 Å². The van der Waals surface area contributed by atoms with Crippen molar-refractivity contribution in [2.45, 2.75) is 20.0 Å². The van der Waals surface area contributed by atoms with Crippen molar-refractivity contribution in [1.29, 1.82) is 0 Å². The Labute approximate surface area is 139 Å². The molecule has 0 bridgehead atoms. The van der Waals surface area contributed by atoms with E-state index < -0.39 is 0 Å². The number of likely N-dealkylation sites (N-methyl/N-ethyl adjacent to an activating group) is 1. The van der Waals surface area contributed by atoms with Gasteiger partial charge in [-0.1, -0.05) is 29.8 Å². The Hall–Kier alpha value is -3.02. The molecule has 0 aliphatic heterocycles. The largest absolute Gasteiger partial charge is 0.340 e. The number of aromatic nitrogens is 3. The lowest BCUT2D eigenvalue weighted by Gasteiger charge is -2.18. The Morgan fingerprint density at radius 3 is 2.67 bits per heavy atom. The van der Waals surface area contributed by atoms with Gasteiger partial charge < -0.3 is 4.90 Å². The average Bonchev–Trinajstić information content (AvgIpc) is 2.59. The van der Waals surface area contributed by atoms with Crippen LogP contribution in [0.5, 0.6) is 0 Å². The molecule has 6 heteroatoms. The summed E-state index contributed by atoms with van der Waals surface area (Å²) >= 11 is 0. The van der Waals surface area contributed by atoms with E-state index in [2.05, 4.69) is 9.97 Å². The van der Waals surface area contributed by atoms with E-state index in [0.717, 1.165) is 5.56 Å². The second kappa shape index (κ2) is 6.62. The molecule has 1 aromatic carbocycles. The molecule has 3 rings (SSSR count). The number of carbonyl (C=O) groups excluding carboxylic acids is 1. The van der Waals surface area contributed by atoms with Crippen molar-refractivity contribution in [2.75, 3.05) is 7.05 Å². The van der Waals surface area contributed by atoms with Crippen molar-refractivity contribution in [3.63, 3.8) is 0 Å². The highest BCUT2D eigenvalue weighted by Gasteiger charge is 2.12. The maximum absolute atomic E-state index is 12.4. The number of fused-ring (bicyclic) bond motifs is 1. The van der Waals surface area contributed by atoms with Crippen molar-refractivity contribution in [2.24, 2.45) is 0 Å². The van der Waals surface area contributed by atoms with Crippen LogP contribution < -0.4 is 5.56 Å². The third-order valence-corrected chi connectivity index (χ3v) is 3.87. The summed E-state index contributed by atoms with van der Waals surface area (Å²) in [7, 11) is 1.73. The van der Waals surface area contributed by atoms with Gasteiger partial charge in [0.05, 0.1) is 5.39 Å². The van der Waals surface area contributed by atoms with Crippen molar-refractivity contribution in [3.8, 4) is 0 Å². The van der Waals surface area contributed by atoms with E-state index >= 15 is 0 Å². The van der Waals surface area contributed by atoms with Gasteiger partial charge in [-0.15, -0.1) is 0 Å². The molecule has 0 aliphatic rings. The zero-order valence-corrected chi connectivity index (χ0v) is 13.6. The van der Waals surface area contributed by atoms with Crippen LogP contribution in [0.3, 0.4) is 0 Å². The second-order valence-electron chi connectivity index (χ2n) is 5.79. The van der Waals surface area contributed by atoms with Gasteiger partial charge in [-0.25, -0.2) is 9.97 Å². The van der Waals surface area contributed by atoms with E-state index in [1.807, 2.05) is 31.2 Å². The van der Waals surface area contributed by atoms with Crippen LogP contribution >= 0.6 is 0 Å². The molecule has 0 atom stereocenters. The summed E-state index contributed by atoms with van der Waals surface area (Å²) < 4.78 is 1.32. The monoisotopic (exact) mass is 322 g/mol. The fourth-order valence-electron chi connectivity index (χ4n) is 2.43. The summed E-state index contributed by atoms with van der Waals surface area (Å²) in [5.74, 6) is -0.150. The number of benzene rings is 1. The van der Waals surface area contributed by atoms with E-state index in [1.54, 1.807) is 30.3 Å². The molecule has 3 aromatic rings. The highest BCUT2D eigenvalue weighted by atomic mass is 16.2. The van der Waals surface area contributed by atoms with E-state index in [-0.39, 0.29) is 18.0 Å². The van der Waals surface area contributed by atoms with E-state index in [4.69, 9.17) is 0 Å². The van der Waals surface area contributed by atoms with Crippen LogP contribution in [0.15, 0.2) is 53.7 Å². The number of aryl methyl sites for hydroxylation is 1. The van der Waals surface area contributed by atoms with Crippen LogP contribution in [0.1, 0.15) is 11.1 Å². The van der Waals surface area contributed by atoms with Crippen molar-refractivity contribution >= 4 is 16.9 Å². The fraction of sp³-hybridized carbons (Fsp3) is 0.222. The molecule has 0 N–H and O–H groups in total. The molecule has 2 aromatic heterocycles. The summed E-state index contributed by atoms with van der Waals surface area (Å²) in [6, 6.07) is 11.4. The fourth-order valence-corrected chi connectivity index (χ4v) is 2.43. The normalized spacial score (nSPS) is 10.8. The predicted molar refractivity (Wildman–Crippen MR) is 91.5 cm³/mol. The smallest absolute Gasteiger partial charge is 0.263 e. The maximum atomic E-state index is 12.4. The highest BCUT2D eigenvalue weighted by Crippen LogP contribution is 2.07. The molecule has 2 heterocycles. The Morgan fingerprint density at radius 2 is 1.92 bits per heavy atom. The standard InChI is InChI=1S/C18H18N4O2/c1-13-5-7-14(8-6-13)10-21(2)16(23)11-22-12-20-17-15(18(22)24)4-3-9-19-17/h3-9,12H,10-11H2,1-2H3. The first-order valence-corrected chi connectivity index (χ1v) is 7.64. The Morgan fingerprint density at radius 1 is 1.17 bits per heavy atom. The second-order valence-corrected chi connectivity index (χ2v) is 5.79. The number of amides is 1. The Kier molecular flexibility index (Phi) is 4.37. The van der Waals surface area contributed by atoms with E-state index in [1.165, 1.54) is 16.5 Å². The lowest BCUT2D eigenvalue weighted by atomic mass is 10.1. The van der Waals surface area contributed by atoms with Crippen LogP contribution in [0, 0.1) is 6.92 Å². The zero-order valence-electron chi connectivity index (χ0n) is 13.6. The van der Waals surface area contributed by atoms with Crippen LogP contribution in [-0.4, -0.2) is 32.4 Å². The summed E-state index contributed by atoms with van der Waals surface area (Å²) in [4.78, 5) is 34.6. The van der Waals surface area contributed by atoms with Gasteiger partial charge in [-0.2, -0.15) is 0 Å². The molecule has 0 radical (unpaired) electrons. The van der Waals surface area contributed by atoms with Gasteiger partial charge in [0.15, 0.2) is 5.65 Å². The first-order chi connectivity index (χ1) is 11.5. The van der Waals surface area contributed by atoms with Gasteiger partial charge in [0.2, 0.25) is 5.91 Å². The zero-order chi connectivity index (χ0) is 17.1. The molecule has 0 spiro atoms. The Balaban J connectivity index is 1.75. The van der Waals surface area contributed by atoms with Gasteiger partial charge in [0, 0.05) is 19.8 Å². The highest BCUT2D eigenvalue weighted by molar-refractivity contribution is 5.77. The van der Waals surface area contributed by atoms with Crippen LogP contribution in [-0.2, 0) is 17.9 Å². The first-order valence-electron chi connectivity index (χ1n) is 7.64. The number of pyridine rings is 1.